The molecule has 0 heterocycles. The summed E-state index contributed by atoms with van der Waals surface area (Å²) in [5.74, 6) is -0.280. The molecular weight excluding hydrogens is 331 g/mol. The largest absolute Gasteiger partial charge is 0.294 e. The molecule has 2 aromatic carbocycles. The minimum Gasteiger partial charge on any atom is -0.282 e. The number of halogens is 2. The monoisotopic (exact) mass is 344 g/mol. The molecule has 0 spiro atoms. The first-order chi connectivity index (χ1) is 9.68. The number of hydrogen-bond donors (Lipinski definition) is 1. The third kappa shape index (κ3) is 3.77. The zero-order chi connectivity index (χ0) is 15.8. The van der Waals surface area contributed by atoms with Crippen LogP contribution in [0.4, 0.5) is 0 Å². The molecular formula is C15H14Cl2O3S. The van der Waals surface area contributed by atoms with Crippen LogP contribution in [0.25, 0.3) is 0 Å². The zero-order valence-corrected chi connectivity index (χ0v) is 13.8. The average Bonchev–Trinajstić information content (AvgIpc) is 2.35. The van der Waals surface area contributed by atoms with Gasteiger partial charge in [0, 0.05) is 16.0 Å². The van der Waals surface area contributed by atoms with Gasteiger partial charge in [-0.05, 0) is 42.3 Å². The van der Waals surface area contributed by atoms with Crippen molar-refractivity contribution in [3.63, 3.8) is 0 Å². The highest BCUT2D eigenvalue weighted by molar-refractivity contribution is 7.85. The Labute approximate surface area is 134 Å². The maximum atomic E-state index is 11.5. The van der Waals surface area contributed by atoms with Crippen molar-refractivity contribution in [1.82, 2.24) is 0 Å². The molecule has 1 atom stereocenters. The molecule has 0 fully saturated rings. The summed E-state index contributed by atoms with van der Waals surface area (Å²) in [6.07, 6.45) is 0. The molecule has 0 aliphatic carbocycles. The van der Waals surface area contributed by atoms with E-state index in [1.54, 1.807) is 30.3 Å². The topological polar surface area (TPSA) is 54.4 Å². The van der Waals surface area contributed by atoms with Gasteiger partial charge >= 0.3 is 0 Å². The predicted octanol–water partition coefficient (Wildman–Crippen LogP) is 4.70. The van der Waals surface area contributed by atoms with Crippen LogP contribution in [-0.4, -0.2) is 13.0 Å². The molecule has 112 valence electrons. The van der Waals surface area contributed by atoms with Gasteiger partial charge in [-0.1, -0.05) is 47.8 Å². The Hall–Kier alpha value is -1.07. The molecule has 2 aromatic rings. The van der Waals surface area contributed by atoms with E-state index in [9.17, 15) is 13.0 Å². The van der Waals surface area contributed by atoms with Gasteiger partial charge in [-0.15, -0.1) is 0 Å². The standard InChI is InChI=1S/C15H14Cl2O3S/c1-9-3-4-15(21(18,19)20)14(5-9)10(2)11-6-12(16)8-13(17)7-11/h3-8,10H,1-2H3,(H,18,19,20). The SMILES string of the molecule is Cc1ccc(S(=O)(=O)O)c(C(C)c2cc(Cl)cc(Cl)c2)c1. The Morgan fingerprint density at radius 2 is 1.62 bits per heavy atom. The van der Waals surface area contributed by atoms with Gasteiger partial charge in [0.05, 0.1) is 4.90 Å². The van der Waals surface area contributed by atoms with E-state index in [0.29, 0.717) is 15.6 Å². The minimum absolute atomic E-state index is 0.100. The van der Waals surface area contributed by atoms with E-state index in [0.717, 1.165) is 11.1 Å². The molecule has 1 unspecified atom stereocenters. The van der Waals surface area contributed by atoms with Crippen LogP contribution in [0.2, 0.25) is 10.0 Å². The molecule has 21 heavy (non-hydrogen) atoms. The third-order valence-corrected chi connectivity index (χ3v) is 4.66. The number of aryl methyl sites for hydroxylation is 1. The minimum atomic E-state index is -4.29. The van der Waals surface area contributed by atoms with Gasteiger partial charge in [0.1, 0.15) is 0 Å². The fourth-order valence-electron chi connectivity index (χ4n) is 2.25. The van der Waals surface area contributed by atoms with Gasteiger partial charge in [0.15, 0.2) is 0 Å². The average molecular weight is 345 g/mol. The molecule has 3 nitrogen and oxygen atoms in total. The molecule has 1 N–H and O–H groups in total. The van der Waals surface area contributed by atoms with Crippen LogP contribution in [0.15, 0.2) is 41.3 Å². The molecule has 2 rings (SSSR count). The fraction of sp³-hybridized carbons (Fsp3) is 0.200. The Bertz CT molecular complexity index is 765. The van der Waals surface area contributed by atoms with Gasteiger partial charge in [-0.25, -0.2) is 0 Å². The number of benzene rings is 2. The van der Waals surface area contributed by atoms with Gasteiger partial charge < -0.3 is 0 Å². The fourth-order valence-corrected chi connectivity index (χ4v) is 3.56. The van der Waals surface area contributed by atoms with Crippen molar-refractivity contribution in [3.05, 3.63) is 63.1 Å². The Balaban J connectivity index is 2.62. The molecule has 6 heteroatoms. The normalized spacial score (nSPS) is 13.2. The van der Waals surface area contributed by atoms with E-state index in [1.165, 1.54) is 6.07 Å². The highest BCUT2D eigenvalue weighted by Gasteiger charge is 2.21. The maximum absolute atomic E-state index is 11.5. The molecule has 0 saturated carbocycles. The second-order valence-electron chi connectivity index (χ2n) is 4.94. The summed E-state index contributed by atoms with van der Waals surface area (Å²) in [5.41, 5.74) is 2.19. The Morgan fingerprint density at radius 3 is 2.14 bits per heavy atom. The van der Waals surface area contributed by atoms with Crippen LogP contribution in [-0.2, 0) is 10.1 Å². The molecule has 0 aliphatic heterocycles. The lowest BCUT2D eigenvalue weighted by molar-refractivity contribution is 0.481. The van der Waals surface area contributed by atoms with Crippen molar-refractivity contribution in [2.75, 3.05) is 0 Å². The van der Waals surface area contributed by atoms with Crippen LogP contribution in [0.3, 0.4) is 0 Å². The van der Waals surface area contributed by atoms with E-state index >= 15 is 0 Å². The second-order valence-corrected chi connectivity index (χ2v) is 7.20. The summed E-state index contributed by atoms with van der Waals surface area (Å²) in [5, 5.41) is 0.954. The zero-order valence-electron chi connectivity index (χ0n) is 11.5. The third-order valence-electron chi connectivity index (χ3n) is 3.29. The Morgan fingerprint density at radius 1 is 1.05 bits per heavy atom. The quantitative estimate of drug-likeness (QED) is 0.821. The van der Waals surface area contributed by atoms with Crippen molar-refractivity contribution in [2.24, 2.45) is 0 Å². The van der Waals surface area contributed by atoms with Crippen molar-refractivity contribution < 1.29 is 13.0 Å². The smallest absolute Gasteiger partial charge is 0.282 e. The van der Waals surface area contributed by atoms with Crippen molar-refractivity contribution in [2.45, 2.75) is 24.7 Å². The highest BCUT2D eigenvalue weighted by atomic mass is 35.5. The second kappa shape index (κ2) is 5.97. The first-order valence-electron chi connectivity index (χ1n) is 6.22. The summed E-state index contributed by atoms with van der Waals surface area (Å²) in [6, 6.07) is 9.86. The number of rotatable bonds is 3. The molecule has 0 saturated heterocycles. The van der Waals surface area contributed by atoms with Gasteiger partial charge in [-0.2, -0.15) is 8.42 Å². The van der Waals surface area contributed by atoms with Gasteiger partial charge in [-0.3, -0.25) is 4.55 Å². The summed E-state index contributed by atoms with van der Waals surface area (Å²) in [6.45, 7) is 3.69. The van der Waals surface area contributed by atoms with Gasteiger partial charge in [0.2, 0.25) is 0 Å². The molecule has 0 radical (unpaired) electrons. The van der Waals surface area contributed by atoms with Crippen LogP contribution in [0.1, 0.15) is 29.5 Å². The van der Waals surface area contributed by atoms with Crippen molar-refractivity contribution in [1.29, 1.82) is 0 Å². The first kappa shape index (κ1) is 16.3. The molecule has 0 amide bonds. The lowest BCUT2D eigenvalue weighted by Crippen LogP contribution is -2.07. The van der Waals surface area contributed by atoms with Crippen LogP contribution in [0, 0.1) is 6.92 Å². The highest BCUT2D eigenvalue weighted by Crippen LogP contribution is 2.33. The molecule has 0 aliphatic rings. The van der Waals surface area contributed by atoms with Crippen LogP contribution >= 0.6 is 23.2 Å². The van der Waals surface area contributed by atoms with E-state index in [1.807, 2.05) is 13.8 Å². The summed E-state index contributed by atoms with van der Waals surface area (Å²) < 4.78 is 32.5. The molecule has 0 bridgehead atoms. The summed E-state index contributed by atoms with van der Waals surface area (Å²) >= 11 is 12.0. The Kier molecular flexibility index (Phi) is 4.63. The van der Waals surface area contributed by atoms with Crippen molar-refractivity contribution in [3.8, 4) is 0 Å². The summed E-state index contributed by atoms with van der Waals surface area (Å²) in [4.78, 5) is -0.100. The number of hydrogen-bond acceptors (Lipinski definition) is 2. The maximum Gasteiger partial charge on any atom is 0.294 e. The van der Waals surface area contributed by atoms with Crippen LogP contribution in [0.5, 0.6) is 0 Å². The van der Waals surface area contributed by atoms with Crippen molar-refractivity contribution >= 4 is 33.3 Å². The van der Waals surface area contributed by atoms with Crippen LogP contribution < -0.4 is 0 Å². The lowest BCUT2D eigenvalue weighted by atomic mass is 9.92. The molecule has 0 aromatic heterocycles. The van der Waals surface area contributed by atoms with E-state index in [2.05, 4.69) is 0 Å². The van der Waals surface area contributed by atoms with Gasteiger partial charge in [0.25, 0.3) is 10.1 Å². The predicted molar refractivity (Wildman–Crippen MR) is 85.0 cm³/mol. The lowest BCUT2D eigenvalue weighted by Gasteiger charge is -2.17. The van der Waals surface area contributed by atoms with E-state index in [-0.39, 0.29) is 10.8 Å². The summed E-state index contributed by atoms with van der Waals surface area (Å²) in [7, 11) is -4.29. The van der Waals surface area contributed by atoms with E-state index in [4.69, 9.17) is 23.2 Å². The first-order valence-corrected chi connectivity index (χ1v) is 8.42. The van der Waals surface area contributed by atoms with E-state index < -0.39 is 10.1 Å².